The molecule has 0 radical (unpaired) electrons. The molecule has 1 aromatic heterocycles. The number of aromatic nitrogens is 2. The predicted molar refractivity (Wildman–Crippen MR) is 101 cm³/mol. The van der Waals surface area contributed by atoms with Crippen molar-refractivity contribution in [1.82, 2.24) is 10.2 Å². The topological polar surface area (TPSA) is 110 Å². The smallest absolute Gasteiger partial charge is 0.274 e. The van der Waals surface area contributed by atoms with Gasteiger partial charge in [-0.3, -0.25) is 20.0 Å². The Labute approximate surface area is 158 Å². The van der Waals surface area contributed by atoms with E-state index in [-0.39, 0.29) is 11.4 Å². The second kappa shape index (κ2) is 6.76. The van der Waals surface area contributed by atoms with Crippen molar-refractivity contribution < 1.29 is 14.5 Å². The maximum atomic E-state index is 12.8. The molecule has 9 heteroatoms. The molecule has 136 valence electrons. The number of hydrogen-bond acceptors (Lipinski definition) is 6. The highest BCUT2D eigenvalue weighted by Gasteiger charge is 2.26. The van der Waals surface area contributed by atoms with Crippen LogP contribution in [0.3, 0.4) is 0 Å². The van der Waals surface area contributed by atoms with Gasteiger partial charge in [0.1, 0.15) is 11.4 Å². The van der Waals surface area contributed by atoms with E-state index < -0.39 is 10.8 Å². The summed E-state index contributed by atoms with van der Waals surface area (Å²) >= 11 is 1.63. The van der Waals surface area contributed by atoms with Crippen LogP contribution in [0.15, 0.2) is 47.4 Å². The fourth-order valence-corrected chi connectivity index (χ4v) is 4.02. The van der Waals surface area contributed by atoms with Gasteiger partial charge in [-0.1, -0.05) is 18.2 Å². The van der Waals surface area contributed by atoms with Gasteiger partial charge in [-0.25, -0.2) is 0 Å². The van der Waals surface area contributed by atoms with Crippen molar-refractivity contribution in [3.8, 4) is 17.0 Å². The summed E-state index contributed by atoms with van der Waals surface area (Å²) in [6.07, 6.45) is 0. The number of fused-ring (bicyclic) bond motifs is 3. The molecule has 0 atom stereocenters. The number of rotatable bonds is 4. The molecular formula is C18H14N4O4S. The second-order valence-corrected chi connectivity index (χ2v) is 6.82. The molecule has 0 saturated heterocycles. The lowest BCUT2D eigenvalue weighted by molar-refractivity contribution is -0.384. The monoisotopic (exact) mass is 382 g/mol. The number of ether oxygens (including phenoxy) is 1. The SMILES string of the molecule is COc1ccc([N+](=O)[O-])cc1NC(=O)c1[nH]nc2c1CSc1ccccc1-2. The molecule has 3 aromatic rings. The van der Waals surface area contributed by atoms with Gasteiger partial charge < -0.3 is 10.1 Å². The summed E-state index contributed by atoms with van der Waals surface area (Å²) in [7, 11) is 1.43. The third kappa shape index (κ3) is 3.02. The Morgan fingerprint density at radius 2 is 2.15 bits per heavy atom. The molecule has 0 unspecified atom stereocenters. The summed E-state index contributed by atoms with van der Waals surface area (Å²) in [6.45, 7) is 0. The molecule has 2 N–H and O–H groups in total. The lowest BCUT2D eigenvalue weighted by Gasteiger charge is -2.15. The Bertz CT molecular complexity index is 1060. The fourth-order valence-electron chi connectivity index (χ4n) is 2.95. The van der Waals surface area contributed by atoms with Crippen molar-refractivity contribution >= 4 is 29.0 Å². The highest BCUT2D eigenvalue weighted by atomic mass is 32.2. The number of hydrogen-bond donors (Lipinski definition) is 2. The number of nitro benzene ring substituents is 1. The molecule has 2 aromatic carbocycles. The Kier molecular flexibility index (Phi) is 4.28. The van der Waals surface area contributed by atoms with Crippen molar-refractivity contribution in [3.63, 3.8) is 0 Å². The molecule has 27 heavy (non-hydrogen) atoms. The first-order chi connectivity index (χ1) is 13.1. The highest BCUT2D eigenvalue weighted by molar-refractivity contribution is 7.98. The minimum atomic E-state index is -0.527. The fraction of sp³-hybridized carbons (Fsp3) is 0.111. The van der Waals surface area contributed by atoms with Gasteiger partial charge >= 0.3 is 0 Å². The molecule has 1 aliphatic rings. The Hall–Kier alpha value is -3.33. The van der Waals surface area contributed by atoms with E-state index in [0.717, 1.165) is 21.7 Å². The van der Waals surface area contributed by atoms with Crippen molar-refractivity contribution in [2.75, 3.05) is 12.4 Å². The van der Waals surface area contributed by atoms with Gasteiger partial charge in [0.2, 0.25) is 0 Å². The Morgan fingerprint density at radius 3 is 2.93 bits per heavy atom. The van der Waals surface area contributed by atoms with E-state index in [0.29, 0.717) is 17.2 Å². The second-order valence-electron chi connectivity index (χ2n) is 5.81. The van der Waals surface area contributed by atoms with Crippen LogP contribution in [0.1, 0.15) is 16.1 Å². The number of methoxy groups -OCH3 is 1. The average Bonchev–Trinajstić information content (AvgIpc) is 3.12. The third-order valence-corrected chi connectivity index (χ3v) is 5.35. The quantitative estimate of drug-likeness (QED) is 0.524. The lowest BCUT2D eigenvalue weighted by Crippen LogP contribution is -2.15. The summed E-state index contributed by atoms with van der Waals surface area (Å²) in [6, 6.07) is 11.9. The molecule has 1 amide bonds. The number of thioether (sulfide) groups is 1. The number of nitrogens with one attached hydrogen (secondary N) is 2. The number of aromatic amines is 1. The van der Waals surface area contributed by atoms with Crippen LogP contribution in [-0.4, -0.2) is 28.1 Å². The van der Waals surface area contributed by atoms with Gasteiger partial charge in [0.15, 0.2) is 0 Å². The zero-order valence-electron chi connectivity index (χ0n) is 14.2. The largest absolute Gasteiger partial charge is 0.495 e. The number of nitrogens with zero attached hydrogens (tertiary/aromatic N) is 2. The predicted octanol–water partition coefficient (Wildman–Crippen LogP) is 3.85. The van der Waals surface area contributed by atoms with Crippen LogP contribution in [-0.2, 0) is 5.75 Å². The van der Waals surface area contributed by atoms with Crippen molar-refractivity contribution in [2.24, 2.45) is 0 Å². The molecule has 0 saturated carbocycles. The molecule has 8 nitrogen and oxygen atoms in total. The number of carbonyl (C=O) groups is 1. The van der Waals surface area contributed by atoms with Gasteiger partial charge in [0.05, 0.1) is 23.4 Å². The summed E-state index contributed by atoms with van der Waals surface area (Å²) in [5.74, 6) is 0.516. The average molecular weight is 382 g/mol. The number of amides is 1. The lowest BCUT2D eigenvalue weighted by atomic mass is 10.1. The first-order valence-electron chi connectivity index (χ1n) is 8.01. The van der Waals surface area contributed by atoms with Crippen LogP contribution < -0.4 is 10.1 Å². The van der Waals surface area contributed by atoms with Crippen molar-refractivity contribution in [3.05, 3.63) is 63.8 Å². The van der Waals surface area contributed by atoms with E-state index in [2.05, 4.69) is 15.5 Å². The standard InChI is InChI=1S/C18H14N4O4S/c1-26-14-7-6-10(22(24)25)8-13(14)19-18(23)17-12-9-27-15-5-3-2-4-11(15)16(12)20-21-17/h2-8H,9H2,1H3,(H,19,23)(H,20,21). The molecule has 0 fully saturated rings. The molecule has 0 spiro atoms. The van der Waals surface area contributed by atoms with Gasteiger partial charge in [-0.15, -0.1) is 11.8 Å². The number of nitro groups is 1. The van der Waals surface area contributed by atoms with Gasteiger partial charge in [-0.05, 0) is 12.1 Å². The summed E-state index contributed by atoms with van der Waals surface area (Å²) in [5, 5.41) is 20.8. The van der Waals surface area contributed by atoms with E-state index in [1.54, 1.807) is 11.8 Å². The van der Waals surface area contributed by atoms with Crippen molar-refractivity contribution in [2.45, 2.75) is 10.6 Å². The zero-order valence-corrected chi connectivity index (χ0v) is 15.0. The minimum absolute atomic E-state index is 0.137. The van der Waals surface area contributed by atoms with E-state index in [9.17, 15) is 14.9 Å². The van der Waals surface area contributed by atoms with Gasteiger partial charge in [0, 0.05) is 33.9 Å². The van der Waals surface area contributed by atoms with Crippen LogP contribution in [0.4, 0.5) is 11.4 Å². The molecule has 0 bridgehead atoms. The van der Waals surface area contributed by atoms with Crippen LogP contribution >= 0.6 is 11.8 Å². The number of anilines is 1. The molecular weight excluding hydrogens is 368 g/mol. The minimum Gasteiger partial charge on any atom is -0.495 e. The summed E-state index contributed by atoms with van der Waals surface area (Å²) in [5.41, 5.74) is 2.96. The van der Waals surface area contributed by atoms with Crippen LogP contribution in [0.2, 0.25) is 0 Å². The number of H-pyrrole nitrogens is 1. The summed E-state index contributed by atoms with van der Waals surface area (Å²) in [4.78, 5) is 24.4. The molecule has 4 rings (SSSR count). The summed E-state index contributed by atoms with van der Waals surface area (Å²) < 4.78 is 5.19. The number of carbonyl (C=O) groups excluding carboxylic acids is 1. The first-order valence-corrected chi connectivity index (χ1v) is 9.00. The maximum Gasteiger partial charge on any atom is 0.274 e. The van der Waals surface area contributed by atoms with E-state index in [4.69, 9.17) is 4.74 Å². The van der Waals surface area contributed by atoms with E-state index in [1.165, 1.54) is 25.3 Å². The third-order valence-electron chi connectivity index (χ3n) is 4.25. The normalized spacial score (nSPS) is 12.0. The number of benzene rings is 2. The molecule has 1 aliphatic heterocycles. The first kappa shape index (κ1) is 17.1. The van der Waals surface area contributed by atoms with Crippen LogP contribution in [0.5, 0.6) is 5.75 Å². The van der Waals surface area contributed by atoms with Gasteiger partial charge in [0.25, 0.3) is 11.6 Å². The highest BCUT2D eigenvalue weighted by Crippen LogP contribution is 2.41. The van der Waals surface area contributed by atoms with E-state index >= 15 is 0 Å². The van der Waals surface area contributed by atoms with Gasteiger partial charge in [-0.2, -0.15) is 5.10 Å². The Balaban J connectivity index is 1.67. The number of non-ortho nitro benzene ring substituents is 1. The molecule has 0 aliphatic carbocycles. The van der Waals surface area contributed by atoms with Crippen molar-refractivity contribution in [1.29, 1.82) is 0 Å². The van der Waals surface area contributed by atoms with E-state index in [1.807, 2.05) is 24.3 Å². The zero-order chi connectivity index (χ0) is 19.0. The molecule has 2 heterocycles. The Morgan fingerprint density at radius 1 is 1.33 bits per heavy atom. The maximum absolute atomic E-state index is 12.8. The van der Waals surface area contributed by atoms with Crippen LogP contribution in [0, 0.1) is 10.1 Å². The van der Waals surface area contributed by atoms with Crippen LogP contribution in [0.25, 0.3) is 11.3 Å².